The molecule has 4 heteroatoms. The van der Waals surface area contributed by atoms with Gasteiger partial charge in [0.15, 0.2) is 0 Å². The number of fused-ring (bicyclic) bond motifs is 1. The predicted molar refractivity (Wildman–Crippen MR) is 54.9 cm³/mol. The van der Waals surface area contributed by atoms with Gasteiger partial charge in [-0.1, -0.05) is 0 Å². The highest BCUT2D eigenvalue weighted by atomic mass is 79.9. The first kappa shape index (κ1) is 8.13. The Kier molecular flexibility index (Phi) is 2.11. The summed E-state index contributed by atoms with van der Waals surface area (Å²) in [5.41, 5.74) is 1.79. The van der Waals surface area contributed by atoms with Gasteiger partial charge >= 0.3 is 0 Å². The van der Waals surface area contributed by atoms with Crippen molar-refractivity contribution >= 4 is 42.9 Å². The average molecular weight is 288 g/mol. The summed E-state index contributed by atoms with van der Waals surface area (Å²) >= 11 is 6.60. The number of hydrogen-bond donors (Lipinski definition) is 0. The lowest BCUT2D eigenvalue weighted by Gasteiger charge is -1.96. The van der Waals surface area contributed by atoms with E-state index in [1.807, 2.05) is 24.3 Å². The van der Waals surface area contributed by atoms with Crippen LogP contribution in [0.4, 0.5) is 0 Å². The van der Waals surface area contributed by atoms with Crippen molar-refractivity contribution in [2.75, 3.05) is 0 Å². The maximum atomic E-state index is 4.25. The van der Waals surface area contributed by atoms with Crippen LogP contribution in [-0.4, -0.2) is 9.97 Å². The van der Waals surface area contributed by atoms with E-state index in [0.717, 1.165) is 20.2 Å². The van der Waals surface area contributed by atoms with Crippen molar-refractivity contribution in [3.63, 3.8) is 0 Å². The lowest BCUT2D eigenvalue weighted by molar-refractivity contribution is 1.28. The number of halogens is 2. The van der Waals surface area contributed by atoms with Gasteiger partial charge in [0.25, 0.3) is 0 Å². The summed E-state index contributed by atoms with van der Waals surface area (Å²) in [6, 6.07) is 7.61. The Labute approximate surface area is 86.3 Å². The normalized spacial score (nSPS) is 10.5. The highest BCUT2D eigenvalue weighted by Gasteiger charge is 1.97. The molecule has 2 rings (SSSR count). The molecule has 0 radical (unpaired) electrons. The zero-order valence-corrected chi connectivity index (χ0v) is 9.13. The summed E-state index contributed by atoms with van der Waals surface area (Å²) in [4.78, 5) is 8.50. The summed E-state index contributed by atoms with van der Waals surface area (Å²) in [5.74, 6) is 0. The molecule has 0 aliphatic rings. The van der Waals surface area contributed by atoms with Crippen LogP contribution in [0.1, 0.15) is 0 Å². The summed E-state index contributed by atoms with van der Waals surface area (Å²) < 4.78 is 1.67. The van der Waals surface area contributed by atoms with Gasteiger partial charge in [0.1, 0.15) is 9.21 Å². The van der Waals surface area contributed by atoms with Gasteiger partial charge in [0.2, 0.25) is 0 Å². The summed E-state index contributed by atoms with van der Waals surface area (Å²) in [6.45, 7) is 0. The maximum absolute atomic E-state index is 4.25. The van der Waals surface area contributed by atoms with E-state index in [4.69, 9.17) is 0 Å². The molecule has 2 nitrogen and oxygen atoms in total. The highest BCUT2D eigenvalue weighted by molar-refractivity contribution is 9.10. The van der Waals surface area contributed by atoms with Crippen LogP contribution in [0, 0.1) is 0 Å². The molecule has 0 fully saturated rings. The van der Waals surface area contributed by atoms with E-state index in [9.17, 15) is 0 Å². The molecule has 0 bridgehead atoms. The summed E-state index contributed by atoms with van der Waals surface area (Å²) in [5, 5.41) is 0. The van der Waals surface area contributed by atoms with Crippen LogP contribution in [0.3, 0.4) is 0 Å². The minimum absolute atomic E-state index is 0.833. The summed E-state index contributed by atoms with van der Waals surface area (Å²) in [6.07, 6.45) is 0. The zero-order valence-electron chi connectivity index (χ0n) is 5.96. The van der Waals surface area contributed by atoms with Gasteiger partial charge in [0, 0.05) is 0 Å². The largest absolute Gasteiger partial charge is 0.239 e. The second kappa shape index (κ2) is 3.11. The van der Waals surface area contributed by atoms with Gasteiger partial charge < -0.3 is 0 Å². The first-order chi connectivity index (χ1) is 5.75. The Hall–Kier alpha value is -0.480. The van der Waals surface area contributed by atoms with Gasteiger partial charge in [-0.15, -0.1) is 0 Å². The minimum atomic E-state index is 0.833. The molecule has 0 spiro atoms. The third-order valence-electron chi connectivity index (χ3n) is 1.47. The van der Waals surface area contributed by atoms with Crippen LogP contribution in [0.5, 0.6) is 0 Å². The van der Waals surface area contributed by atoms with Crippen molar-refractivity contribution in [1.82, 2.24) is 9.97 Å². The molecular weight excluding hydrogens is 284 g/mol. The van der Waals surface area contributed by atoms with Gasteiger partial charge in [0.05, 0.1) is 11.0 Å². The zero-order chi connectivity index (χ0) is 8.55. The van der Waals surface area contributed by atoms with E-state index in [1.54, 1.807) is 0 Å². The lowest BCUT2D eigenvalue weighted by Crippen LogP contribution is -1.83. The third-order valence-corrected chi connectivity index (χ3v) is 2.36. The van der Waals surface area contributed by atoms with Crippen LogP contribution >= 0.6 is 31.9 Å². The van der Waals surface area contributed by atoms with Crippen molar-refractivity contribution in [2.45, 2.75) is 0 Å². The van der Waals surface area contributed by atoms with E-state index in [0.29, 0.717) is 0 Å². The molecule has 2 aromatic rings. The average Bonchev–Trinajstić information content (AvgIpc) is 2.05. The Balaban J connectivity index is 2.79. The first-order valence-corrected chi connectivity index (χ1v) is 4.93. The monoisotopic (exact) mass is 286 g/mol. The second-order valence-corrected chi connectivity index (χ2v) is 3.93. The number of nitrogens with zero attached hydrogens (tertiary/aromatic N) is 2. The Morgan fingerprint density at radius 1 is 0.750 bits per heavy atom. The quantitative estimate of drug-likeness (QED) is 0.696. The predicted octanol–water partition coefficient (Wildman–Crippen LogP) is 3.15. The Morgan fingerprint density at radius 3 is 1.58 bits per heavy atom. The smallest absolute Gasteiger partial charge is 0.106 e. The molecule has 0 aliphatic carbocycles. The molecular formula is C8H4Br2N2. The topological polar surface area (TPSA) is 25.8 Å². The van der Waals surface area contributed by atoms with Gasteiger partial charge in [-0.2, -0.15) is 0 Å². The number of aromatic nitrogens is 2. The van der Waals surface area contributed by atoms with E-state index in [1.165, 1.54) is 0 Å². The highest BCUT2D eigenvalue weighted by Crippen LogP contribution is 2.16. The Bertz CT molecular complexity index is 387. The SMILES string of the molecule is Brc1ccc2nc(Br)ccc2n1. The summed E-state index contributed by atoms with van der Waals surface area (Å²) in [7, 11) is 0. The van der Waals surface area contributed by atoms with Gasteiger partial charge in [-0.05, 0) is 56.1 Å². The van der Waals surface area contributed by atoms with Crippen molar-refractivity contribution in [3.8, 4) is 0 Å². The van der Waals surface area contributed by atoms with E-state index < -0.39 is 0 Å². The van der Waals surface area contributed by atoms with Crippen molar-refractivity contribution in [1.29, 1.82) is 0 Å². The molecule has 0 amide bonds. The number of hydrogen-bond acceptors (Lipinski definition) is 2. The number of pyridine rings is 2. The van der Waals surface area contributed by atoms with Gasteiger partial charge in [-0.25, -0.2) is 9.97 Å². The van der Waals surface area contributed by atoms with E-state index in [2.05, 4.69) is 41.8 Å². The molecule has 12 heavy (non-hydrogen) atoms. The molecule has 2 heterocycles. The van der Waals surface area contributed by atoms with Crippen molar-refractivity contribution in [2.24, 2.45) is 0 Å². The fourth-order valence-electron chi connectivity index (χ4n) is 0.960. The molecule has 0 atom stereocenters. The van der Waals surface area contributed by atoms with E-state index >= 15 is 0 Å². The van der Waals surface area contributed by atoms with Crippen LogP contribution in [0.15, 0.2) is 33.5 Å². The minimum Gasteiger partial charge on any atom is -0.239 e. The standard InChI is InChI=1S/C8H4Br2N2/c9-7-3-1-5-6(12-7)2-4-8(10)11-5/h1-4H. The molecule has 0 saturated heterocycles. The van der Waals surface area contributed by atoms with Crippen LogP contribution < -0.4 is 0 Å². The maximum Gasteiger partial charge on any atom is 0.106 e. The number of rotatable bonds is 0. The fourth-order valence-corrected chi connectivity index (χ4v) is 1.61. The fraction of sp³-hybridized carbons (Fsp3) is 0. The lowest BCUT2D eigenvalue weighted by atomic mass is 10.3. The molecule has 60 valence electrons. The molecule has 0 aromatic carbocycles. The van der Waals surface area contributed by atoms with Crippen LogP contribution in [0.2, 0.25) is 0 Å². The van der Waals surface area contributed by atoms with Crippen LogP contribution in [0.25, 0.3) is 11.0 Å². The van der Waals surface area contributed by atoms with E-state index in [-0.39, 0.29) is 0 Å². The molecule has 0 saturated carbocycles. The molecule has 0 aliphatic heterocycles. The van der Waals surface area contributed by atoms with Crippen LogP contribution in [-0.2, 0) is 0 Å². The first-order valence-electron chi connectivity index (χ1n) is 3.34. The Morgan fingerprint density at radius 2 is 1.17 bits per heavy atom. The molecule has 2 aromatic heterocycles. The second-order valence-electron chi connectivity index (χ2n) is 2.31. The molecule has 0 unspecified atom stereocenters. The van der Waals surface area contributed by atoms with Crippen molar-refractivity contribution < 1.29 is 0 Å². The molecule has 0 N–H and O–H groups in total. The van der Waals surface area contributed by atoms with Gasteiger partial charge in [-0.3, -0.25) is 0 Å². The third kappa shape index (κ3) is 1.49. The van der Waals surface area contributed by atoms with Crippen molar-refractivity contribution in [3.05, 3.63) is 33.5 Å².